The molecule has 0 aliphatic rings. The SMILES string of the molecule is COc1ccc2c(=O)c3ccccc3sc2c1C(C)(C)N. The van der Waals surface area contributed by atoms with E-state index in [1.165, 1.54) is 0 Å². The van der Waals surface area contributed by atoms with Gasteiger partial charge in [0.2, 0.25) is 0 Å². The van der Waals surface area contributed by atoms with Gasteiger partial charge in [-0.3, -0.25) is 4.79 Å². The molecule has 2 aromatic carbocycles. The highest BCUT2D eigenvalue weighted by Gasteiger charge is 2.24. The van der Waals surface area contributed by atoms with E-state index in [-0.39, 0.29) is 5.43 Å². The van der Waals surface area contributed by atoms with E-state index in [4.69, 9.17) is 10.5 Å². The van der Waals surface area contributed by atoms with Gasteiger partial charge in [0.15, 0.2) is 5.43 Å². The summed E-state index contributed by atoms with van der Waals surface area (Å²) in [6.45, 7) is 3.85. The number of rotatable bonds is 2. The van der Waals surface area contributed by atoms with Crippen LogP contribution in [0.3, 0.4) is 0 Å². The lowest BCUT2D eigenvalue weighted by Gasteiger charge is -2.23. The molecule has 108 valence electrons. The first-order valence-electron chi connectivity index (χ1n) is 6.75. The summed E-state index contributed by atoms with van der Waals surface area (Å²) in [7, 11) is 1.63. The smallest absolute Gasteiger partial charge is 0.195 e. The zero-order valence-electron chi connectivity index (χ0n) is 12.3. The zero-order valence-corrected chi connectivity index (χ0v) is 13.1. The first kappa shape index (κ1) is 14.0. The van der Waals surface area contributed by atoms with Gasteiger partial charge in [-0.15, -0.1) is 11.3 Å². The van der Waals surface area contributed by atoms with Crippen molar-refractivity contribution in [1.82, 2.24) is 0 Å². The van der Waals surface area contributed by atoms with Crippen molar-refractivity contribution in [2.45, 2.75) is 19.4 Å². The summed E-state index contributed by atoms with van der Waals surface area (Å²) in [5.41, 5.74) is 6.66. The van der Waals surface area contributed by atoms with Crippen LogP contribution in [0.5, 0.6) is 5.75 Å². The minimum atomic E-state index is -0.587. The van der Waals surface area contributed by atoms with Gasteiger partial charge in [0.1, 0.15) is 5.75 Å². The van der Waals surface area contributed by atoms with Gasteiger partial charge >= 0.3 is 0 Å². The molecule has 4 heteroatoms. The first-order valence-corrected chi connectivity index (χ1v) is 7.57. The Balaban J connectivity index is 2.57. The molecule has 1 heterocycles. The Morgan fingerprint density at radius 3 is 2.48 bits per heavy atom. The van der Waals surface area contributed by atoms with E-state index in [1.807, 2.05) is 50.2 Å². The van der Waals surface area contributed by atoms with Crippen LogP contribution in [0, 0.1) is 0 Å². The van der Waals surface area contributed by atoms with E-state index in [0.717, 1.165) is 26.1 Å². The summed E-state index contributed by atoms with van der Waals surface area (Å²) < 4.78 is 7.33. The molecular formula is C17H17NO2S. The summed E-state index contributed by atoms with van der Waals surface area (Å²) >= 11 is 1.59. The van der Waals surface area contributed by atoms with Crippen molar-refractivity contribution >= 4 is 31.5 Å². The van der Waals surface area contributed by atoms with Crippen molar-refractivity contribution in [3.63, 3.8) is 0 Å². The average Bonchev–Trinajstić information content (AvgIpc) is 2.45. The molecule has 0 amide bonds. The molecule has 0 unspecified atom stereocenters. The second-order valence-corrected chi connectivity index (χ2v) is 6.72. The number of hydrogen-bond acceptors (Lipinski definition) is 4. The summed E-state index contributed by atoms with van der Waals surface area (Å²) in [6, 6.07) is 11.3. The highest BCUT2D eigenvalue weighted by molar-refractivity contribution is 7.24. The van der Waals surface area contributed by atoms with Crippen LogP contribution in [-0.4, -0.2) is 7.11 Å². The number of hydrogen-bond donors (Lipinski definition) is 1. The molecule has 1 aromatic heterocycles. The third-order valence-electron chi connectivity index (χ3n) is 3.57. The Labute approximate surface area is 127 Å². The molecule has 21 heavy (non-hydrogen) atoms. The molecule has 3 rings (SSSR count). The van der Waals surface area contributed by atoms with Gasteiger partial charge in [0, 0.05) is 31.3 Å². The Morgan fingerprint density at radius 2 is 1.81 bits per heavy atom. The van der Waals surface area contributed by atoms with Crippen molar-refractivity contribution in [2.75, 3.05) is 7.11 Å². The monoisotopic (exact) mass is 299 g/mol. The lowest BCUT2D eigenvalue weighted by molar-refractivity contribution is 0.396. The van der Waals surface area contributed by atoms with Gasteiger partial charge in [0.05, 0.1) is 7.11 Å². The van der Waals surface area contributed by atoms with Crippen LogP contribution in [0.4, 0.5) is 0 Å². The van der Waals surface area contributed by atoms with Gasteiger partial charge in [-0.25, -0.2) is 0 Å². The van der Waals surface area contributed by atoms with Crippen LogP contribution >= 0.6 is 11.3 Å². The van der Waals surface area contributed by atoms with Crippen molar-refractivity contribution in [3.8, 4) is 5.75 Å². The van der Waals surface area contributed by atoms with Crippen LogP contribution in [0.1, 0.15) is 19.4 Å². The van der Waals surface area contributed by atoms with Crippen LogP contribution < -0.4 is 15.9 Å². The predicted octanol–water partition coefficient (Wildman–Crippen LogP) is 3.62. The largest absolute Gasteiger partial charge is 0.496 e. The van der Waals surface area contributed by atoms with E-state index in [9.17, 15) is 4.79 Å². The molecule has 0 bridgehead atoms. The van der Waals surface area contributed by atoms with Crippen molar-refractivity contribution < 1.29 is 4.74 Å². The molecule has 0 spiro atoms. The summed E-state index contributed by atoms with van der Waals surface area (Å²) in [5, 5.41) is 1.45. The minimum Gasteiger partial charge on any atom is -0.496 e. The number of nitrogens with two attached hydrogens (primary N) is 1. The second kappa shape index (κ2) is 4.83. The second-order valence-electron chi connectivity index (χ2n) is 5.67. The van der Waals surface area contributed by atoms with Gasteiger partial charge in [0.25, 0.3) is 0 Å². The third kappa shape index (κ3) is 2.20. The molecule has 3 nitrogen and oxygen atoms in total. The summed E-state index contributed by atoms with van der Waals surface area (Å²) in [4.78, 5) is 12.7. The lowest BCUT2D eigenvalue weighted by Crippen LogP contribution is -2.29. The van der Waals surface area contributed by atoms with E-state index >= 15 is 0 Å². The fourth-order valence-electron chi connectivity index (χ4n) is 2.63. The molecule has 2 N–H and O–H groups in total. The Morgan fingerprint density at radius 1 is 1.10 bits per heavy atom. The summed E-state index contributed by atoms with van der Waals surface area (Å²) in [5.74, 6) is 0.723. The van der Waals surface area contributed by atoms with Gasteiger partial charge in [-0.1, -0.05) is 12.1 Å². The van der Waals surface area contributed by atoms with Gasteiger partial charge < -0.3 is 10.5 Å². The third-order valence-corrected chi connectivity index (χ3v) is 4.78. The van der Waals surface area contributed by atoms with Crippen LogP contribution in [-0.2, 0) is 5.54 Å². The topological polar surface area (TPSA) is 52.3 Å². The quantitative estimate of drug-likeness (QED) is 0.735. The Hall–Kier alpha value is -1.91. The number of fused-ring (bicyclic) bond motifs is 2. The fourth-order valence-corrected chi connectivity index (χ4v) is 4.00. The number of methoxy groups -OCH3 is 1. The highest BCUT2D eigenvalue weighted by Crippen LogP contribution is 2.37. The van der Waals surface area contributed by atoms with Crippen molar-refractivity contribution in [3.05, 3.63) is 52.2 Å². The standard InChI is InChI=1S/C17H17NO2S/c1-17(2,18)14-12(20-3)9-8-11-15(19)10-6-4-5-7-13(10)21-16(11)14/h4-9H,18H2,1-3H3. The van der Waals surface area contributed by atoms with Crippen molar-refractivity contribution in [1.29, 1.82) is 0 Å². The highest BCUT2D eigenvalue weighted by atomic mass is 32.1. The van der Waals surface area contributed by atoms with E-state index in [0.29, 0.717) is 5.39 Å². The maximum atomic E-state index is 12.7. The predicted molar refractivity (Wildman–Crippen MR) is 89.4 cm³/mol. The van der Waals surface area contributed by atoms with Crippen LogP contribution in [0.25, 0.3) is 20.2 Å². The van der Waals surface area contributed by atoms with Gasteiger partial charge in [-0.2, -0.15) is 0 Å². The first-order chi connectivity index (χ1) is 9.93. The fraction of sp³-hybridized carbons (Fsp3) is 0.235. The molecule has 0 atom stereocenters. The van der Waals surface area contributed by atoms with Crippen LogP contribution in [0.15, 0.2) is 41.2 Å². The zero-order chi connectivity index (χ0) is 15.2. The number of ether oxygens (including phenoxy) is 1. The van der Waals surface area contributed by atoms with E-state index in [1.54, 1.807) is 18.4 Å². The lowest BCUT2D eigenvalue weighted by atomic mass is 9.93. The van der Waals surface area contributed by atoms with E-state index in [2.05, 4.69) is 0 Å². The molecule has 0 aliphatic heterocycles. The molecule has 0 saturated heterocycles. The van der Waals surface area contributed by atoms with Gasteiger partial charge in [-0.05, 0) is 38.1 Å². The molecule has 3 aromatic rings. The average molecular weight is 299 g/mol. The molecule has 0 fully saturated rings. The molecule has 0 radical (unpaired) electrons. The van der Waals surface area contributed by atoms with Crippen molar-refractivity contribution in [2.24, 2.45) is 5.73 Å². The Kier molecular flexibility index (Phi) is 3.23. The van der Waals surface area contributed by atoms with Crippen LogP contribution in [0.2, 0.25) is 0 Å². The normalized spacial score (nSPS) is 12.0. The minimum absolute atomic E-state index is 0.0486. The Bertz CT molecular complexity index is 891. The number of benzene rings is 2. The molecule has 0 saturated carbocycles. The maximum Gasteiger partial charge on any atom is 0.195 e. The maximum absolute atomic E-state index is 12.7. The molecule has 0 aliphatic carbocycles. The molecular weight excluding hydrogens is 282 g/mol. The summed E-state index contributed by atoms with van der Waals surface area (Å²) in [6.07, 6.45) is 0. The van der Waals surface area contributed by atoms with E-state index < -0.39 is 5.54 Å².